The third-order valence-corrected chi connectivity index (χ3v) is 7.62. The number of ether oxygens (including phenoxy) is 1. The molecule has 0 saturated carbocycles. The van der Waals surface area contributed by atoms with Crippen LogP contribution in [-0.2, 0) is 21.5 Å². The van der Waals surface area contributed by atoms with E-state index in [2.05, 4.69) is 39.2 Å². The topological polar surface area (TPSA) is 91.0 Å². The minimum Gasteiger partial charge on any atom is -0.497 e. The molecule has 1 aromatic heterocycles. The third-order valence-electron chi connectivity index (χ3n) is 6.62. The van der Waals surface area contributed by atoms with E-state index in [-0.39, 0.29) is 12.6 Å². The van der Waals surface area contributed by atoms with Crippen LogP contribution < -0.4 is 15.5 Å². The molecule has 180 valence electrons. The summed E-state index contributed by atoms with van der Waals surface area (Å²) >= 11 is 1.73. The van der Waals surface area contributed by atoms with Crippen molar-refractivity contribution in [1.29, 1.82) is 0 Å². The van der Waals surface area contributed by atoms with E-state index in [0.717, 1.165) is 17.0 Å². The number of amides is 4. The van der Waals surface area contributed by atoms with Gasteiger partial charge in [-0.1, -0.05) is 42.5 Å². The van der Waals surface area contributed by atoms with Crippen LogP contribution in [-0.4, -0.2) is 48.0 Å². The Bertz CT molecular complexity index is 1260. The first-order valence-corrected chi connectivity index (χ1v) is 12.2. The molecule has 3 aromatic rings. The van der Waals surface area contributed by atoms with Crippen LogP contribution in [0.15, 0.2) is 66.0 Å². The molecule has 2 aliphatic rings. The molecule has 9 heteroatoms. The van der Waals surface area contributed by atoms with E-state index >= 15 is 0 Å². The van der Waals surface area contributed by atoms with Crippen LogP contribution in [0.25, 0.3) is 0 Å². The highest BCUT2D eigenvalue weighted by atomic mass is 32.1. The molecule has 2 atom stereocenters. The molecular formula is C26H26N4O4S. The van der Waals surface area contributed by atoms with Crippen LogP contribution >= 0.6 is 11.3 Å². The number of fused-ring (bicyclic) bond motifs is 1. The van der Waals surface area contributed by atoms with Gasteiger partial charge in [0.15, 0.2) is 0 Å². The number of rotatable bonds is 6. The number of nitrogens with zero attached hydrogens (tertiary/aromatic N) is 2. The molecule has 5 rings (SSSR count). The Balaban J connectivity index is 1.32. The number of hydrogen-bond donors (Lipinski definition) is 2. The van der Waals surface area contributed by atoms with Crippen molar-refractivity contribution >= 4 is 29.2 Å². The van der Waals surface area contributed by atoms with Gasteiger partial charge in [0, 0.05) is 11.4 Å². The highest BCUT2D eigenvalue weighted by molar-refractivity contribution is 7.10. The molecule has 35 heavy (non-hydrogen) atoms. The lowest BCUT2D eigenvalue weighted by molar-refractivity contribution is -0.139. The van der Waals surface area contributed by atoms with Crippen molar-refractivity contribution in [3.05, 3.63) is 87.6 Å². The number of hydrogen-bond acceptors (Lipinski definition) is 6. The van der Waals surface area contributed by atoms with Crippen molar-refractivity contribution in [2.45, 2.75) is 24.9 Å². The van der Waals surface area contributed by atoms with Gasteiger partial charge in [-0.15, -0.1) is 11.3 Å². The molecule has 0 bridgehead atoms. The van der Waals surface area contributed by atoms with Crippen molar-refractivity contribution in [3.8, 4) is 5.75 Å². The molecule has 8 nitrogen and oxygen atoms in total. The fourth-order valence-electron chi connectivity index (χ4n) is 4.77. The number of benzene rings is 2. The van der Waals surface area contributed by atoms with Crippen LogP contribution in [0.3, 0.4) is 0 Å². The fourth-order valence-corrected chi connectivity index (χ4v) is 5.67. The van der Waals surface area contributed by atoms with E-state index in [9.17, 15) is 14.4 Å². The van der Waals surface area contributed by atoms with Gasteiger partial charge in [0.1, 0.15) is 11.3 Å². The number of methoxy groups -OCH3 is 1. The average Bonchev–Trinajstić information content (AvgIpc) is 3.43. The highest BCUT2D eigenvalue weighted by Crippen LogP contribution is 2.37. The Morgan fingerprint density at radius 1 is 1.14 bits per heavy atom. The number of hydrazine groups is 1. The first kappa shape index (κ1) is 23.1. The van der Waals surface area contributed by atoms with E-state index in [4.69, 9.17) is 4.74 Å². The second kappa shape index (κ2) is 9.16. The van der Waals surface area contributed by atoms with Crippen molar-refractivity contribution < 1.29 is 19.1 Å². The van der Waals surface area contributed by atoms with Crippen LogP contribution in [0.1, 0.15) is 34.5 Å². The zero-order chi connectivity index (χ0) is 24.6. The van der Waals surface area contributed by atoms with Gasteiger partial charge in [-0.2, -0.15) is 5.01 Å². The Morgan fingerprint density at radius 2 is 1.89 bits per heavy atom. The monoisotopic (exact) mass is 490 g/mol. The summed E-state index contributed by atoms with van der Waals surface area (Å²) in [5, 5.41) is 5.57. The van der Waals surface area contributed by atoms with Crippen molar-refractivity contribution in [2.24, 2.45) is 0 Å². The minimum atomic E-state index is -1.29. The number of thiophene rings is 1. The summed E-state index contributed by atoms with van der Waals surface area (Å²) in [6.07, 6.45) is 0.849. The van der Waals surface area contributed by atoms with E-state index < -0.39 is 23.4 Å². The molecule has 4 amide bonds. The lowest BCUT2D eigenvalue weighted by atomic mass is 9.92. The van der Waals surface area contributed by atoms with E-state index in [1.807, 2.05) is 18.2 Å². The maximum absolute atomic E-state index is 13.2. The molecule has 2 aromatic carbocycles. The van der Waals surface area contributed by atoms with Crippen molar-refractivity contribution in [3.63, 3.8) is 0 Å². The number of nitrogens with one attached hydrogen (secondary N) is 2. The molecular weight excluding hydrogens is 464 g/mol. The number of carbonyl (C=O) groups is 3. The summed E-state index contributed by atoms with van der Waals surface area (Å²) in [4.78, 5) is 42.4. The molecule has 0 radical (unpaired) electrons. The molecule has 1 fully saturated rings. The summed E-state index contributed by atoms with van der Waals surface area (Å²) < 4.78 is 5.17. The number of imide groups is 1. The number of urea groups is 1. The fraction of sp³-hybridized carbons (Fsp3) is 0.269. The zero-order valence-corrected chi connectivity index (χ0v) is 20.3. The average molecular weight is 491 g/mol. The van der Waals surface area contributed by atoms with Gasteiger partial charge >= 0.3 is 6.03 Å². The van der Waals surface area contributed by atoms with Crippen LogP contribution in [0.4, 0.5) is 4.79 Å². The Hall–Kier alpha value is -3.69. The molecule has 2 N–H and O–H groups in total. The summed E-state index contributed by atoms with van der Waals surface area (Å²) in [5.41, 5.74) is 4.13. The predicted octanol–water partition coefficient (Wildman–Crippen LogP) is 3.20. The van der Waals surface area contributed by atoms with E-state index in [0.29, 0.717) is 17.9 Å². The predicted molar refractivity (Wildman–Crippen MR) is 132 cm³/mol. The number of carbonyl (C=O) groups excluding carboxylic acids is 3. The molecule has 0 aliphatic carbocycles. The van der Waals surface area contributed by atoms with E-state index in [1.54, 1.807) is 49.6 Å². The van der Waals surface area contributed by atoms with Gasteiger partial charge in [-0.3, -0.25) is 19.9 Å². The SMILES string of the molecule is COc1ccc(C2(C)NC(=O)N(NC(=O)CN3CCc4sccc4C3c3ccccc3)C2=O)cc1. The summed E-state index contributed by atoms with van der Waals surface area (Å²) in [6.45, 7) is 2.37. The standard InChI is InChI=1S/C26H26N4O4S/c1-26(18-8-10-19(34-2)11-9-18)24(32)30(25(33)27-26)28-22(31)16-29-14-12-21-20(13-15-35-21)23(29)17-6-4-3-5-7-17/h3-11,13,15,23H,12,14,16H2,1-2H3,(H,27,33)(H,28,31). The Kier molecular flexibility index (Phi) is 6.04. The lowest BCUT2D eigenvalue weighted by Gasteiger charge is -2.36. The van der Waals surface area contributed by atoms with Gasteiger partial charge < -0.3 is 10.1 Å². The maximum Gasteiger partial charge on any atom is 0.344 e. The van der Waals surface area contributed by atoms with Gasteiger partial charge in [-0.05, 0) is 53.6 Å². The lowest BCUT2D eigenvalue weighted by Crippen LogP contribution is -2.51. The van der Waals surface area contributed by atoms with Crippen LogP contribution in [0, 0.1) is 0 Å². The third kappa shape index (κ3) is 4.17. The molecule has 2 unspecified atom stereocenters. The zero-order valence-electron chi connectivity index (χ0n) is 19.5. The largest absolute Gasteiger partial charge is 0.497 e. The molecule has 2 aliphatic heterocycles. The van der Waals surface area contributed by atoms with Gasteiger partial charge in [0.2, 0.25) is 0 Å². The van der Waals surface area contributed by atoms with E-state index in [1.165, 1.54) is 10.4 Å². The Morgan fingerprint density at radius 3 is 2.60 bits per heavy atom. The van der Waals surface area contributed by atoms with Gasteiger partial charge in [0.25, 0.3) is 11.8 Å². The maximum atomic E-state index is 13.2. The summed E-state index contributed by atoms with van der Waals surface area (Å²) in [6, 6.07) is 18.3. The summed E-state index contributed by atoms with van der Waals surface area (Å²) in [7, 11) is 1.56. The van der Waals surface area contributed by atoms with Gasteiger partial charge in [0.05, 0.1) is 19.7 Å². The Labute approximate surface area is 207 Å². The second-order valence-corrected chi connectivity index (χ2v) is 9.79. The van der Waals surface area contributed by atoms with Crippen molar-refractivity contribution in [1.82, 2.24) is 20.7 Å². The molecule has 0 spiro atoms. The molecule has 3 heterocycles. The van der Waals surface area contributed by atoms with Crippen LogP contribution in [0.2, 0.25) is 0 Å². The highest BCUT2D eigenvalue weighted by Gasteiger charge is 2.50. The van der Waals surface area contributed by atoms with Gasteiger partial charge in [-0.25, -0.2) is 4.79 Å². The van der Waals surface area contributed by atoms with Crippen molar-refractivity contribution in [2.75, 3.05) is 20.2 Å². The second-order valence-electron chi connectivity index (χ2n) is 8.79. The smallest absolute Gasteiger partial charge is 0.344 e. The molecule has 1 saturated heterocycles. The first-order chi connectivity index (χ1) is 16.9. The minimum absolute atomic E-state index is 0.0468. The van der Waals surface area contributed by atoms with Crippen LogP contribution in [0.5, 0.6) is 5.75 Å². The first-order valence-electron chi connectivity index (χ1n) is 11.4. The normalized spacial score (nSPS) is 22.0. The quantitative estimate of drug-likeness (QED) is 0.518. The summed E-state index contributed by atoms with van der Waals surface area (Å²) in [5.74, 6) is -0.325.